The Morgan fingerprint density at radius 2 is 1.08 bits per heavy atom. The lowest BCUT2D eigenvalue weighted by molar-refractivity contribution is 0.619. The van der Waals surface area contributed by atoms with Crippen molar-refractivity contribution in [3.8, 4) is 34.2 Å². The first-order chi connectivity index (χ1) is 12.7. The lowest BCUT2D eigenvalue weighted by atomic mass is 10.1. The van der Waals surface area contributed by atoms with Crippen molar-refractivity contribution in [3.63, 3.8) is 0 Å². The van der Waals surface area contributed by atoms with Gasteiger partial charge >= 0.3 is 0 Å². The topological polar surface area (TPSA) is 38.7 Å². The summed E-state index contributed by atoms with van der Waals surface area (Å²) in [5.41, 5.74) is 2.98. The Balaban J connectivity index is 1.95. The molecule has 0 saturated carbocycles. The second-order valence-electron chi connectivity index (χ2n) is 5.95. The molecule has 0 amide bonds. The van der Waals surface area contributed by atoms with E-state index in [1.54, 1.807) is 13.0 Å². The van der Waals surface area contributed by atoms with Crippen LogP contribution in [0.4, 0.5) is 4.39 Å². The maximum atomic E-state index is 14.0. The molecule has 3 nitrogen and oxygen atoms in total. The summed E-state index contributed by atoms with van der Waals surface area (Å²) in [7, 11) is 0. The first-order valence-corrected chi connectivity index (χ1v) is 8.35. The number of hydrogen-bond acceptors (Lipinski definition) is 3. The standard InChI is InChI=1S/C22H16FN3/c1-15-18(13-8-14-19(15)23)22-25-20(16-9-4-2-5-10-16)24-21(26-22)17-11-6-3-7-12-17/h2-14H,1H3. The van der Waals surface area contributed by atoms with Crippen LogP contribution >= 0.6 is 0 Å². The molecule has 4 aromatic rings. The van der Waals surface area contributed by atoms with Crippen molar-refractivity contribution in [1.29, 1.82) is 0 Å². The van der Waals surface area contributed by atoms with Gasteiger partial charge in [0.2, 0.25) is 0 Å². The van der Waals surface area contributed by atoms with Crippen LogP contribution in [0, 0.1) is 12.7 Å². The van der Waals surface area contributed by atoms with Crippen LogP contribution in [0.15, 0.2) is 78.9 Å². The quantitative estimate of drug-likeness (QED) is 0.506. The van der Waals surface area contributed by atoms with Gasteiger partial charge in [-0.2, -0.15) is 0 Å². The van der Waals surface area contributed by atoms with Crippen molar-refractivity contribution in [1.82, 2.24) is 15.0 Å². The Morgan fingerprint density at radius 1 is 0.577 bits per heavy atom. The summed E-state index contributed by atoms with van der Waals surface area (Å²) < 4.78 is 14.0. The molecule has 126 valence electrons. The Kier molecular flexibility index (Phi) is 4.23. The molecule has 4 heteroatoms. The third-order valence-corrected chi connectivity index (χ3v) is 4.21. The van der Waals surface area contributed by atoms with Gasteiger partial charge in [0.1, 0.15) is 5.82 Å². The van der Waals surface area contributed by atoms with Crippen LogP contribution in [0.3, 0.4) is 0 Å². The fraction of sp³-hybridized carbons (Fsp3) is 0.0455. The summed E-state index contributed by atoms with van der Waals surface area (Å²) in [4.78, 5) is 13.9. The average molecular weight is 341 g/mol. The van der Waals surface area contributed by atoms with Crippen LogP contribution in [-0.2, 0) is 0 Å². The highest BCUT2D eigenvalue weighted by Crippen LogP contribution is 2.27. The Hall–Kier alpha value is -3.40. The van der Waals surface area contributed by atoms with Gasteiger partial charge in [0.05, 0.1) is 0 Å². The van der Waals surface area contributed by atoms with E-state index < -0.39 is 0 Å². The molecule has 0 aliphatic carbocycles. The van der Waals surface area contributed by atoms with Gasteiger partial charge in [-0.1, -0.05) is 72.8 Å². The molecular formula is C22H16FN3. The highest BCUT2D eigenvalue weighted by Gasteiger charge is 2.14. The predicted molar refractivity (Wildman–Crippen MR) is 101 cm³/mol. The maximum Gasteiger partial charge on any atom is 0.164 e. The van der Waals surface area contributed by atoms with Crippen molar-refractivity contribution < 1.29 is 4.39 Å². The highest BCUT2D eigenvalue weighted by atomic mass is 19.1. The minimum atomic E-state index is -0.273. The van der Waals surface area contributed by atoms with Crippen LogP contribution in [0.25, 0.3) is 34.2 Å². The fourth-order valence-corrected chi connectivity index (χ4v) is 2.78. The van der Waals surface area contributed by atoms with Crippen LogP contribution < -0.4 is 0 Å². The van der Waals surface area contributed by atoms with Crippen LogP contribution in [0.1, 0.15) is 5.56 Å². The molecule has 0 saturated heterocycles. The van der Waals surface area contributed by atoms with Crippen molar-refractivity contribution in [2.24, 2.45) is 0 Å². The van der Waals surface area contributed by atoms with E-state index in [0.29, 0.717) is 28.6 Å². The molecule has 26 heavy (non-hydrogen) atoms. The van der Waals surface area contributed by atoms with Gasteiger partial charge in [-0.25, -0.2) is 19.3 Å². The molecule has 0 radical (unpaired) electrons. The van der Waals surface area contributed by atoms with Gasteiger partial charge in [0.25, 0.3) is 0 Å². The molecule has 0 unspecified atom stereocenters. The molecular weight excluding hydrogens is 325 g/mol. The van der Waals surface area contributed by atoms with E-state index in [2.05, 4.69) is 15.0 Å². The molecule has 0 bridgehead atoms. The molecule has 0 N–H and O–H groups in total. The minimum Gasteiger partial charge on any atom is -0.208 e. The number of aromatic nitrogens is 3. The predicted octanol–water partition coefficient (Wildman–Crippen LogP) is 5.32. The molecule has 0 fully saturated rings. The summed E-state index contributed by atoms with van der Waals surface area (Å²) in [6.45, 7) is 1.73. The summed E-state index contributed by atoms with van der Waals surface area (Å²) in [5, 5.41) is 0. The Labute approximate surface area is 151 Å². The zero-order valence-electron chi connectivity index (χ0n) is 14.2. The molecule has 0 aliphatic rings. The summed E-state index contributed by atoms with van der Waals surface area (Å²) in [6, 6.07) is 24.4. The zero-order chi connectivity index (χ0) is 17.9. The fourth-order valence-electron chi connectivity index (χ4n) is 2.78. The average Bonchev–Trinajstić information content (AvgIpc) is 2.71. The van der Waals surface area contributed by atoms with Gasteiger partial charge in [0.15, 0.2) is 17.5 Å². The van der Waals surface area contributed by atoms with Gasteiger partial charge in [-0.15, -0.1) is 0 Å². The Morgan fingerprint density at radius 3 is 1.62 bits per heavy atom. The number of rotatable bonds is 3. The second kappa shape index (κ2) is 6.84. The van der Waals surface area contributed by atoms with E-state index in [1.165, 1.54) is 6.07 Å². The van der Waals surface area contributed by atoms with Crippen molar-refractivity contribution in [3.05, 3.63) is 90.2 Å². The summed E-state index contributed by atoms with van der Waals surface area (Å²) in [5.74, 6) is 1.33. The van der Waals surface area contributed by atoms with E-state index in [4.69, 9.17) is 0 Å². The highest BCUT2D eigenvalue weighted by molar-refractivity contribution is 5.67. The maximum absolute atomic E-state index is 14.0. The van der Waals surface area contributed by atoms with Crippen molar-refractivity contribution in [2.75, 3.05) is 0 Å². The van der Waals surface area contributed by atoms with E-state index in [1.807, 2.05) is 66.7 Å². The minimum absolute atomic E-state index is 0.273. The first kappa shape index (κ1) is 16.1. The number of benzene rings is 3. The lowest BCUT2D eigenvalue weighted by Gasteiger charge is -2.10. The second-order valence-corrected chi connectivity index (χ2v) is 5.95. The number of halogens is 1. The third-order valence-electron chi connectivity index (χ3n) is 4.21. The molecule has 0 aliphatic heterocycles. The zero-order valence-corrected chi connectivity index (χ0v) is 14.2. The van der Waals surface area contributed by atoms with Gasteiger partial charge in [0, 0.05) is 16.7 Å². The van der Waals surface area contributed by atoms with E-state index >= 15 is 0 Å². The van der Waals surface area contributed by atoms with Crippen LogP contribution in [0.5, 0.6) is 0 Å². The van der Waals surface area contributed by atoms with Crippen LogP contribution in [0.2, 0.25) is 0 Å². The summed E-state index contributed by atoms with van der Waals surface area (Å²) >= 11 is 0. The molecule has 3 aromatic carbocycles. The van der Waals surface area contributed by atoms with Gasteiger partial charge in [-0.05, 0) is 18.6 Å². The molecule has 1 heterocycles. The molecule has 0 spiro atoms. The SMILES string of the molecule is Cc1c(F)cccc1-c1nc(-c2ccccc2)nc(-c2ccccc2)n1. The van der Waals surface area contributed by atoms with Gasteiger partial charge in [-0.3, -0.25) is 0 Å². The number of hydrogen-bond donors (Lipinski definition) is 0. The van der Waals surface area contributed by atoms with Crippen molar-refractivity contribution in [2.45, 2.75) is 6.92 Å². The largest absolute Gasteiger partial charge is 0.208 e. The van der Waals surface area contributed by atoms with E-state index in [0.717, 1.165) is 11.1 Å². The smallest absolute Gasteiger partial charge is 0.164 e. The third kappa shape index (κ3) is 3.09. The molecule has 4 rings (SSSR count). The van der Waals surface area contributed by atoms with E-state index in [-0.39, 0.29) is 5.82 Å². The van der Waals surface area contributed by atoms with Gasteiger partial charge < -0.3 is 0 Å². The van der Waals surface area contributed by atoms with Crippen LogP contribution in [-0.4, -0.2) is 15.0 Å². The lowest BCUT2D eigenvalue weighted by Crippen LogP contribution is -2.01. The number of nitrogens with zero attached hydrogens (tertiary/aromatic N) is 3. The van der Waals surface area contributed by atoms with Crippen molar-refractivity contribution >= 4 is 0 Å². The normalized spacial score (nSPS) is 10.7. The summed E-state index contributed by atoms with van der Waals surface area (Å²) in [6.07, 6.45) is 0. The first-order valence-electron chi connectivity index (χ1n) is 8.35. The monoisotopic (exact) mass is 341 g/mol. The molecule has 0 atom stereocenters. The van der Waals surface area contributed by atoms with E-state index in [9.17, 15) is 4.39 Å². The molecule has 1 aromatic heterocycles. The Bertz CT molecular complexity index is 990.